The Bertz CT molecular complexity index is 776. The van der Waals surface area contributed by atoms with Crippen LogP contribution in [0.3, 0.4) is 0 Å². The molecule has 0 amide bonds. The van der Waals surface area contributed by atoms with E-state index in [-0.39, 0.29) is 0 Å². The van der Waals surface area contributed by atoms with E-state index in [1.807, 2.05) is 54.6 Å². The molecule has 0 radical (unpaired) electrons. The minimum Gasteiger partial charge on any atom is -0.393 e. The lowest BCUT2D eigenvalue weighted by atomic mass is 10.3. The largest absolute Gasteiger partial charge is 0.393 e. The van der Waals surface area contributed by atoms with Gasteiger partial charge in [-0.3, -0.25) is 0 Å². The molecule has 3 aromatic rings. The number of nitrogens with two attached hydrogens (primary N) is 1. The number of hydrogen-bond acceptors (Lipinski definition) is 5. The van der Waals surface area contributed by atoms with E-state index in [4.69, 9.17) is 5.73 Å². The molecule has 0 bridgehead atoms. The molecule has 0 saturated heterocycles. The van der Waals surface area contributed by atoms with Crippen molar-refractivity contribution in [2.24, 2.45) is 0 Å². The quantitative estimate of drug-likeness (QED) is 0.650. The smallest absolute Gasteiger partial charge is 0.159 e. The summed E-state index contributed by atoms with van der Waals surface area (Å²) < 4.78 is 0.979. The molecular weight excluding hydrogens is 342 g/mol. The van der Waals surface area contributed by atoms with Gasteiger partial charge in [-0.2, -0.15) is 0 Å². The van der Waals surface area contributed by atoms with E-state index in [1.165, 1.54) is 6.33 Å². The first-order valence-electron chi connectivity index (χ1n) is 6.67. The van der Waals surface area contributed by atoms with E-state index in [2.05, 4.69) is 36.5 Å². The molecule has 1 heterocycles. The van der Waals surface area contributed by atoms with Gasteiger partial charge in [-0.05, 0) is 30.3 Å². The molecule has 0 aliphatic rings. The predicted molar refractivity (Wildman–Crippen MR) is 93.6 cm³/mol. The van der Waals surface area contributed by atoms with Crippen molar-refractivity contribution < 1.29 is 0 Å². The van der Waals surface area contributed by atoms with Crippen molar-refractivity contribution in [3.05, 3.63) is 65.4 Å². The summed E-state index contributed by atoms with van der Waals surface area (Å²) in [6.07, 6.45) is 1.47. The lowest BCUT2D eigenvalue weighted by Gasteiger charge is -2.12. The number of anilines is 5. The fourth-order valence-electron chi connectivity index (χ4n) is 1.96. The highest BCUT2D eigenvalue weighted by atomic mass is 79.9. The van der Waals surface area contributed by atoms with Crippen LogP contribution in [0.4, 0.5) is 28.7 Å². The van der Waals surface area contributed by atoms with Crippen LogP contribution in [0, 0.1) is 0 Å². The normalized spacial score (nSPS) is 10.2. The van der Waals surface area contributed by atoms with Crippen LogP contribution >= 0.6 is 15.9 Å². The Hall–Kier alpha value is -2.60. The van der Waals surface area contributed by atoms with Gasteiger partial charge in [0.2, 0.25) is 0 Å². The van der Waals surface area contributed by atoms with E-state index in [9.17, 15) is 0 Å². The molecule has 0 saturated carbocycles. The highest BCUT2D eigenvalue weighted by molar-refractivity contribution is 9.10. The molecule has 4 N–H and O–H groups in total. The van der Waals surface area contributed by atoms with Crippen LogP contribution in [-0.4, -0.2) is 9.97 Å². The van der Waals surface area contributed by atoms with Crippen molar-refractivity contribution in [1.29, 1.82) is 0 Å². The lowest BCUT2D eigenvalue weighted by Crippen LogP contribution is -2.05. The number of nitrogens with zero attached hydrogens (tertiary/aromatic N) is 2. The van der Waals surface area contributed by atoms with Crippen LogP contribution in [0.5, 0.6) is 0 Å². The third-order valence-corrected chi connectivity index (χ3v) is 3.50. The maximum absolute atomic E-state index is 6.16. The minimum absolute atomic E-state index is 0.464. The van der Waals surface area contributed by atoms with Gasteiger partial charge in [0.1, 0.15) is 12.0 Å². The van der Waals surface area contributed by atoms with Gasteiger partial charge in [0.15, 0.2) is 11.6 Å². The van der Waals surface area contributed by atoms with Gasteiger partial charge < -0.3 is 16.4 Å². The highest BCUT2D eigenvalue weighted by Gasteiger charge is 2.08. The van der Waals surface area contributed by atoms with E-state index in [0.29, 0.717) is 17.3 Å². The van der Waals surface area contributed by atoms with E-state index >= 15 is 0 Å². The van der Waals surface area contributed by atoms with Crippen LogP contribution in [-0.2, 0) is 0 Å². The fraction of sp³-hybridized carbons (Fsp3) is 0. The Labute approximate surface area is 136 Å². The summed E-state index contributed by atoms with van der Waals surface area (Å²) >= 11 is 3.44. The Morgan fingerprint density at radius 1 is 0.818 bits per heavy atom. The highest BCUT2D eigenvalue weighted by Crippen LogP contribution is 2.28. The summed E-state index contributed by atoms with van der Waals surface area (Å²) in [5.74, 6) is 1.13. The monoisotopic (exact) mass is 355 g/mol. The zero-order chi connectivity index (χ0) is 15.4. The first-order valence-corrected chi connectivity index (χ1v) is 7.47. The van der Waals surface area contributed by atoms with Gasteiger partial charge in [-0.25, -0.2) is 9.97 Å². The molecule has 0 aliphatic carbocycles. The Morgan fingerprint density at radius 3 is 2.14 bits per heavy atom. The molecule has 2 aromatic carbocycles. The van der Waals surface area contributed by atoms with Gasteiger partial charge in [-0.1, -0.05) is 40.2 Å². The van der Waals surface area contributed by atoms with E-state index in [0.717, 1.165) is 15.8 Å². The second-order valence-electron chi connectivity index (χ2n) is 4.61. The number of aromatic nitrogens is 2. The molecule has 0 atom stereocenters. The second kappa shape index (κ2) is 6.44. The third-order valence-electron chi connectivity index (χ3n) is 3.01. The molecule has 110 valence electrons. The average molecular weight is 356 g/mol. The van der Waals surface area contributed by atoms with Crippen LogP contribution in [0.25, 0.3) is 0 Å². The molecular formula is C16H14BrN5. The number of nitrogens with one attached hydrogen (secondary N) is 2. The zero-order valence-electron chi connectivity index (χ0n) is 11.6. The Balaban J connectivity index is 1.86. The molecule has 1 aromatic heterocycles. The van der Waals surface area contributed by atoms with Crippen molar-refractivity contribution >= 4 is 44.6 Å². The van der Waals surface area contributed by atoms with Crippen molar-refractivity contribution in [3.63, 3.8) is 0 Å². The van der Waals surface area contributed by atoms with Crippen molar-refractivity contribution in [2.75, 3.05) is 16.4 Å². The maximum Gasteiger partial charge on any atom is 0.159 e. The lowest BCUT2D eigenvalue weighted by molar-refractivity contribution is 1.17. The first-order chi connectivity index (χ1) is 10.7. The predicted octanol–water partition coefficient (Wildman–Crippen LogP) is 4.31. The van der Waals surface area contributed by atoms with Crippen LogP contribution in [0.1, 0.15) is 0 Å². The summed E-state index contributed by atoms with van der Waals surface area (Å²) in [5.41, 5.74) is 8.43. The molecule has 0 fully saturated rings. The number of para-hydroxylation sites is 1. The molecule has 0 spiro atoms. The second-order valence-corrected chi connectivity index (χ2v) is 5.53. The summed E-state index contributed by atoms with van der Waals surface area (Å²) in [7, 11) is 0. The van der Waals surface area contributed by atoms with Crippen molar-refractivity contribution in [1.82, 2.24) is 9.97 Å². The molecule has 0 aliphatic heterocycles. The molecule has 6 heteroatoms. The van der Waals surface area contributed by atoms with Crippen molar-refractivity contribution in [2.45, 2.75) is 0 Å². The van der Waals surface area contributed by atoms with E-state index in [1.54, 1.807) is 0 Å². The number of nitrogen functional groups attached to an aromatic ring is 1. The summed E-state index contributed by atoms with van der Waals surface area (Å²) in [4.78, 5) is 8.40. The number of hydrogen-bond donors (Lipinski definition) is 3. The first kappa shape index (κ1) is 14.3. The minimum atomic E-state index is 0.464. The van der Waals surface area contributed by atoms with Crippen LogP contribution in [0.15, 0.2) is 65.4 Å². The summed E-state index contributed by atoms with van der Waals surface area (Å²) in [6.45, 7) is 0. The maximum atomic E-state index is 6.16. The fourth-order valence-corrected chi connectivity index (χ4v) is 2.36. The molecule has 22 heavy (non-hydrogen) atoms. The van der Waals surface area contributed by atoms with Gasteiger partial charge in [0.25, 0.3) is 0 Å². The third kappa shape index (κ3) is 3.35. The van der Waals surface area contributed by atoms with E-state index < -0.39 is 0 Å². The molecule has 0 unspecified atom stereocenters. The standard InChI is InChI=1S/C16H14BrN5/c17-11-5-4-8-13(9-11)22-16-14(18)15(19-10-20-16)21-12-6-2-1-3-7-12/h1-10H,18H2,(H2,19,20,21,22). The Morgan fingerprint density at radius 2 is 1.45 bits per heavy atom. The van der Waals surface area contributed by atoms with Gasteiger partial charge >= 0.3 is 0 Å². The van der Waals surface area contributed by atoms with Gasteiger partial charge in [0, 0.05) is 15.8 Å². The zero-order valence-corrected chi connectivity index (χ0v) is 13.2. The summed E-state index contributed by atoms with van der Waals surface area (Å²) in [5, 5.41) is 6.38. The summed E-state index contributed by atoms with van der Waals surface area (Å²) in [6, 6.07) is 17.5. The average Bonchev–Trinajstić information content (AvgIpc) is 2.52. The number of rotatable bonds is 4. The van der Waals surface area contributed by atoms with Gasteiger partial charge in [-0.15, -0.1) is 0 Å². The number of benzene rings is 2. The molecule has 5 nitrogen and oxygen atoms in total. The van der Waals surface area contributed by atoms with Gasteiger partial charge in [0.05, 0.1) is 0 Å². The van der Waals surface area contributed by atoms with Crippen LogP contribution < -0.4 is 16.4 Å². The SMILES string of the molecule is Nc1c(Nc2ccccc2)ncnc1Nc1cccc(Br)c1. The van der Waals surface area contributed by atoms with Crippen LogP contribution in [0.2, 0.25) is 0 Å². The number of halogens is 1. The topological polar surface area (TPSA) is 75.9 Å². The molecule has 3 rings (SSSR count). The van der Waals surface area contributed by atoms with Crippen molar-refractivity contribution in [3.8, 4) is 0 Å². The Kier molecular flexibility index (Phi) is 4.20.